The molecule has 2 atom stereocenters. The van der Waals surface area contributed by atoms with E-state index in [-0.39, 0.29) is 5.28 Å². The Kier molecular flexibility index (Phi) is 3.93. The molecular formula is C15H18NP. The largest absolute Gasteiger partial charge is 0.300 e. The van der Waals surface area contributed by atoms with Crippen LogP contribution in [0.1, 0.15) is 18.1 Å². The molecule has 0 fully saturated rings. The molecule has 0 heterocycles. The van der Waals surface area contributed by atoms with Gasteiger partial charge < -0.3 is 5.32 Å². The topological polar surface area (TPSA) is 12.0 Å². The van der Waals surface area contributed by atoms with Crippen LogP contribution in [-0.2, 0) is 11.8 Å². The van der Waals surface area contributed by atoms with E-state index in [0.29, 0.717) is 0 Å². The summed E-state index contributed by atoms with van der Waals surface area (Å²) in [5.41, 5.74) is 2.58. The van der Waals surface area contributed by atoms with Crippen molar-refractivity contribution in [1.82, 2.24) is 5.32 Å². The van der Waals surface area contributed by atoms with Gasteiger partial charge in [0.15, 0.2) is 0 Å². The minimum Gasteiger partial charge on any atom is -0.300 e. The van der Waals surface area contributed by atoms with Crippen LogP contribution in [0.15, 0.2) is 60.7 Å². The van der Waals surface area contributed by atoms with Gasteiger partial charge in [0.1, 0.15) is 0 Å². The van der Waals surface area contributed by atoms with Crippen LogP contribution >= 0.6 is 9.24 Å². The summed E-state index contributed by atoms with van der Waals surface area (Å²) >= 11 is 0. The van der Waals surface area contributed by atoms with Gasteiger partial charge in [0, 0.05) is 6.54 Å². The highest BCUT2D eigenvalue weighted by Crippen LogP contribution is 2.27. The minimum atomic E-state index is -0.0862. The van der Waals surface area contributed by atoms with Crippen molar-refractivity contribution in [2.75, 3.05) is 0 Å². The van der Waals surface area contributed by atoms with E-state index in [4.69, 9.17) is 0 Å². The van der Waals surface area contributed by atoms with E-state index in [1.807, 2.05) is 12.1 Å². The molecule has 2 heteroatoms. The zero-order chi connectivity index (χ0) is 12.1. The first-order chi connectivity index (χ1) is 8.18. The summed E-state index contributed by atoms with van der Waals surface area (Å²) in [4.78, 5) is 0. The number of hydrogen-bond donors (Lipinski definition) is 1. The zero-order valence-corrected chi connectivity index (χ0v) is 11.2. The monoisotopic (exact) mass is 243 g/mol. The van der Waals surface area contributed by atoms with Gasteiger partial charge in [-0.05, 0) is 18.1 Å². The van der Waals surface area contributed by atoms with E-state index in [1.165, 1.54) is 11.1 Å². The fraction of sp³-hybridized carbons (Fsp3) is 0.200. The van der Waals surface area contributed by atoms with E-state index in [1.54, 1.807) is 0 Å². The molecule has 0 saturated carbocycles. The molecule has 0 radical (unpaired) electrons. The second-order valence-electron chi connectivity index (χ2n) is 4.41. The average Bonchev–Trinajstić information content (AvgIpc) is 2.39. The maximum atomic E-state index is 3.55. The van der Waals surface area contributed by atoms with Crippen molar-refractivity contribution in [1.29, 1.82) is 0 Å². The van der Waals surface area contributed by atoms with Gasteiger partial charge in [-0.2, -0.15) is 0 Å². The van der Waals surface area contributed by atoms with E-state index >= 15 is 0 Å². The van der Waals surface area contributed by atoms with E-state index in [0.717, 1.165) is 6.54 Å². The molecular weight excluding hydrogens is 225 g/mol. The molecule has 2 rings (SSSR count). The van der Waals surface area contributed by atoms with Gasteiger partial charge in [-0.1, -0.05) is 60.7 Å². The Labute approximate surface area is 105 Å². The Hall–Kier alpha value is -1.17. The Morgan fingerprint density at radius 2 is 1.47 bits per heavy atom. The molecule has 0 aromatic heterocycles. The molecule has 0 bridgehead atoms. The molecule has 0 amide bonds. The molecule has 2 aromatic carbocycles. The predicted molar refractivity (Wildman–Crippen MR) is 76.8 cm³/mol. The summed E-state index contributed by atoms with van der Waals surface area (Å²) in [5, 5.41) is 3.47. The SMILES string of the molecule is CC(P)(NCc1ccccc1)c1ccccc1. The molecule has 0 aliphatic carbocycles. The van der Waals surface area contributed by atoms with Crippen LogP contribution in [0.25, 0.3) is 0 Å². The maximum Gasteiger partial charge on any atom is 0.0549 e. The predicted octanol–water partition coefficient (Wildman–Crippen LogP) is 3.52. The summed E-state index contributed by atoms with van der Waals surface area (Å²) in [6, 6.07) is 20.9. The second-order valence-corrected chi connectivity index (χ2v) is 5.56. The number of rotatable bonds is 4. The molecule has 2 unspecified atom stereocenters. The lowest BCUT2D eigenvalue weighted by Crippen LogP contribution is -2.32. The molecule has 0 aliphatic rings. The highest BCUT2D eigenvalue weighted by molar-refractivity contribution is 7.18. The van der Waals surface area contributed by atoms with Gasteiger partial charge in [0.2, 0.25) is 0 Å². The Morgan fingerprint density at radius 3 is 2.06 bits per heavy atom. The van der Waals surface area contributed by atoms with Crippen LogP contribution < -0.4 is 5.32 Å². The first-order valence-corrected chi connectivity index (χ1v) is 6.39. The van der Waals surface area contributed by atoms with Crippen molar-refractivity contribution >= 4 is 9.24 Å². The summed E-state index contributed by atoms with van der Waals surface area (Å²) < 4.78 is 0. The normalized spacial score (nSPS) is 14.2. The lowest BCUT2D eigenvalue weighted by molar-refractivity contribution is 0.522. The lowest BCUT2D eigenvalue weighted by Gasteiger charge is -2.27. The average molecular weight is 243 g/mol. The molecule has 0 saturated heterocycles. The van der Waals surface area contributed by atoms with Gasteiger partial charge in [-0.3, -0.25) is 0 Å². The third kappa shape index (κ3) is 3.39. The molecule has 1 nitrogen and oxygen atoms in total. The van der Waals surface area contributed by atoms with Crippen molar-refractivity contribution in [2.45, 2.75) is 18.7 Å². The number of benzene rings is 2. The fourth-order valence-corrected chi connectivity index (χ4v) is 2.06. The smallest absolute Gasteiger partial charge is 0.0549 e. The zero-order valence-electron chi connectivity index (χ0n) is 10.1. The summed E-state index contributed by atoms with van der Waals surface area (Å²) in [6.45, 7) is 3.05. The maximum absolute atomic E-state index is 3.55. The highest BCUT2D eigenvalue weighted by Gasteiger charge is 2.18. The third-order valence-corrected chi connectivity index (χ3v) is 3.41. The Morgan fingerprint density at radius 1 is 0.941 bits per heavy atom. The fourth-order valence-electron chi connectivity index (χ4n) is 1.77. The van der Waals surface area contributed by atoms with Crippen LogP contribution in [0.5, 0.6) is 0 Å². The minimum absolute atomic E-state index is 0.0862. The van der Waals surface area contributed by atoms with E-state index in [2.05, 4.69) is 70.0 Å². The van der Waals surface area contributed by atoms with Gasteiger partial charge in [0.25, 0.3) is 0 Å². The summed E-state index contributed by atoms with van der Waals surface area (Å²) in [6.07, 6.45) is 0. The van der Waals surface area contributed by atoms with Crippen molar-refractivity contribution in [2.24, 2.45) is 0 Å². The van der Waals surface area contributed by atoms with Crippen LogP contribution in [0.4, 0.5) is 0 Å². The standard InChI is InChI=1S/C15H18NP/c1-15(17,14-10-6-3-7-11-14)16-12-13-8-4-2-5-9-13/h2-11,16H,12,17H2,1H3. The molecule has 17 heavy (non-hydrogen) atoms. The van der Waals surface area contributed by atoms with Crippen molar-refractivity contribution in [3.05, 3.63) is 71.8 Å². The molecule has 2 aromatic rings. The molecule has 88 valence electrons. The Balaban J connectivity index is 2.03. The van der Waals surface area contributed by atoms with E-state index < -0.39 is 0 Å². The highest BCUT2D eigenvalue weighted by atomic mass is 31.0. The van der Waals surface area contributed by atoms with Crippen molar-refractivity contribution < 1.29 is 0 Å². The van der Waals surface area contributed by atoms with Crippen LogP contribution in [0.3, 0.4) is 0 Å². The Bertz CT molecular complexity index is 451. The van der Waals surface area contributed by atoms with Crippen LogP contribution in [-0.4, -0.2) is 0 Å². The molecule has 0 spiro atoms. The first kappa shape index (κ1) is 12.3. The quantitative estimate of drug-likeness (QED) is 0.810. The number of nitrogens with one attached hydrogen (secondary N) is 1. The molecule has 1 N–H and O–H groups in total. The summed E-state index contributed by atoms with van der Waals surface area (Å²) in [5.74, 6) is 0. The van der Waals surface area contributed by atoms with Gasteiger partial charge in [0.05, 0.1) is 5.28 Å². The third-order valence-electron chi connectivity index (χ3n) is 2.88. The van der Waals surface area contributed by atoms with E-state index in [9.17, 15) is 0 Å². The molecule has 0 aliphatic heterocycles. The van der Waals surface area contributed by atoms with Crippen LogP contribution in [0.2, 0.25) is 0 Å². The van der Waals surface area contributed by atoms with Gasteiger partial charge in [-0.15, -0.1) is 9.24 Å². The second kappa shape index (κ2) is 5.44. The van der Waals surface area contributed by atoms with Gasteiger partial charge in [-0.25, -0.2) is 0 Å². The van der Waals surface area contributed by atoms with Crippen molar-refractivity contribution in [3.8, 4) is 0 Å². The summed E-state index contributed by atoms with van der Waals surface area (Å²) in [7, 11) is 2.89. The first-order valence-electron chi connectivity index (χ1n) is 5.82. The number of hydrogen-bond acceptors (Lipinski definition) is 1. The lowest BCUT2D eigenvalue weighted by atomic mass is 10.1. The van der Waals surface area contributed by atoms with Gasteiger partial charge >= 0.3 is 0 Å². The van der Waals surface area contributed by atoms with Crippen molar-refractivity contribution in [3.63, 3.8) is 0 Å². The van der Waals surface area contributed by atoms with Crippen LogP contribution in [0, 0.1) is 0 Å².